The van der Waals surface area contributed by atoms with E-state index < -0.39 is 0 Å². The van der Waals surface area contributed by atoms with E-state index in [0.29, 0.717) is 11.8 Å². The van der Waals surface area contributed by atoms with Gasteiger partial charge < -0.3 is 9.42 Å². The van der Waals surface area contributed by atoms with E-state index in [4.69, 9.17) is 16.1 Å². The Morgan fingerprint density at radius 1 is 1.32 bits per heavy atom. The third-order valence-electron chi connectivity index (χ3n) is 4.78. The molecule has 0 N–H and O–H groups in total. The van der Waals surface area contributed by atoms with Crippen LogP contribution in [-0.4, -0.2) is 53.2 Å². The van der Waals surface area contributed by atoms with Gasteiger partial charge in [-0.2, -0.15) is 4.98 Å². The Labute approximate surface area is 155 Å². The lowest BCUT2D eigenvalue weighted by Gasteiger charge is -2.34. The molecule has 2 heterocycles. The number of aryl methyl sites for hydroxylation is 1. The largest absolute Gasteiger partial charge is 0.340 e. The number of benzene rings is 1. The zero-order valence-electron chi connectivity index (χ0n) is 15.1. The van der Waals surface area contributed by atoms with Crippen molar-refractivity contribution in [2.24, 2.45) is 5.92 Å². The molecule has 0 unspecified atom stereocenters. The van der Waals surface area contributed by atoms with E-state index in [9.17, 15) is 0 Å². The molecule has 0 amide bonds. The second-order valence-electron chi connectivity index (χ2n) is 7.11. The van der Waals surface area contributed by atoms with Crippen LogP contribution in [0.5, 0.6) is 0 Å². The second kappa shape index (κ2) is 8.79. The average molecular weight is 363 g/mol. The molecule has 1 saturated heterocycles. The number of halogens is 1. The lowest BCUT2D eigenvalue weighted by atomic mass is 9.97. The summed E-state index contributed by atoms with van der Waals surface area (Å²) in [6, 6.07) is 8.21. The zero-order valence-corrected chi connectivity index (χ0v) is 15.9. The molecule has 1 aromatic carbocycles. The van der Waals surface area contributed by atoms with E-state index in [1.54, 1.807) is 0 Å². The maximum Gasteiger partial charge on any atom is 0.223 e. The van der Waals surface area contributed by atoms with Crippen molar-refractivity contribution in [2.45, 2.75) is 32.7 Å². The second-order valence-corrected chi connectivity index (χ2v) is 7.55. The normalized spacial score (nSPS) is 18.8. The van der Waals surface area contributed by atoms with Gasteiger partial charge in [-0.3, -0.25) is 4.90 Å². The Kier molecular flexibility index (Phi) is 6.45. The lowest BCUT2D eigenvalue weighted by Crippen LogP contribution is -2.40. The van der Waals surface area contributed by atoms with Crippen molar-refractivity contribution in [2.75, 3.05) is 33.2 Å². The van der Waals surface area contributed by atoms with Crippen LogP contribution < -0.4 is 0 Å². The summed E-state index contributed by atoms with van der Waals surface area (Å²) < 4.78 is 5.05. The van der Waals surface area contributed by atoms with Gasteiger partial charge in [0.05, 0.1) is 6.54 Å². The third kappa shape index (κ3) is 5.80. The van der Waals surface area contributed by atoms with Crippen LogP contribution in [0.4, 0.5) is 0 Å². The molecule has 0 aliphatic carbocycles. The van der Waals surface area contributed by atoms with Gasteiger partial charge in [-0.15, -0.1) is 0 Å². The van der Waals surface area contributed by atoms with Crippen molar-refractivity contribution < 1.29 is 4.52 Å². The number of hydrogen-bond acceptors (Lipinski definition) is 5. The smallest absolute Gasteiger partial charge is 0.223 e. The Bertz CT molecular complexity index is 658. The van der Waals surface area contributed by atoms with Crippen LogP contribution in [0.3, 0.4) is 0 Å². The molecule has 0 saturated carbocycles. The first-order valence-electron chi connectivity index (χ1n) is 9.03. The minimum atomic E-state index is 0.634. The van der Waals surface area contributed by atoms with E-state index in [1.807, 2.05) is 19.1 Å². The summed E-state index contributed by atoms with van der Waals surface area (Å²) in [5.74, 6) is 2.11. The van der Waals surface area contributed by atoms with Crippen molar-refractivity contribution in [3.63, 3.8) is 0 Å². The van der Waals surface area contributed by atoms with Gasteiger partial charge in [0.25, 0.3) is 0 Å². The fourth-order valence-corrected chi connectivity index (χ4v) is 3.72. The SMILES string of the molecule is Cc1nc(CN(C)C[C@H]2CCCN(CCc3ccc(Cl)cc3)C2)no1. The van der Waals surface area contributed by atoms with Gasteiger partial charge >= 0.3 is 0 Å². The molecular formula is C19H27ClN4O. The topological polar surface area (TPSA) is 45.4 Å². The van der Waals surface area contributed by atoms with Crippen LogP contribution in [0.2, 0.25) is 5.02 Å². The molecule has 1 aliphatic rings. The first-order valence-corrected chi connectivity index (χ1v) is 9.41. The molecule has 5 nitrogen and oxygen atoms in total. The monoisotopic (exact) mass is 362 g/mol. The van der Waals surface area contributed by atoms with Gasteiger partial charge in [0, 0.05) is 31.6 Å². The molecule has 1 aromatic heterocycles. The van der Waals surface area contributed by atoms with E-state index >= 15 is 0 Å². The summed E-state index contributed by atoms with van der Waals surface area (Å²) in [5.41, 5.74) is 1.36. The summed E-state index contributed by atoms with van der Waals surface area (Å²) in [7, 11) is 2.14. The van der Waals surface area contributed by atoms with E-state index in [0.717, 1.165) is 36.9 Å². The lowest BCUT2D eigenvalue weighted by molar-refractivity contribution is 0.141. The molecule has 2 aromatic rings. The van der Waals surface area contributed by atoms with Gasteiger partial charge in [-0.05, 0) is 56.5 Å². The maximum atomic E-state index is 5.96. The van der Waals surface area contributed by atoms with Gasteiger partial charge in [0.15, 0.2) is 5.82 Å². The van der Waals surface area contributed by atoms with E-state index in [-0.39, 0.29) is 0 Å². The molecule has 25 heavy (non-hydrogen) atoms. The Hall–Kier alpha value is -1.43. The Morgan fingerprint density at radius 2 is 2.12 bits per heavy atom. The summed E-state index contributed by atoms with van der Waals surface area (Å²) in [4.78, 5) is 9.18. The van der Waals surface area contributed by atoms with Crippen LogP contribution in [0.1, 0.15) is 30.1 Å². The zero-order chi connectivity index (χ0) is 17.6. The maximum absolute atomic E-state index is 5.96. The highest BCUT2D eigenvalue weighted by molar-refractivity contribution is 6.30. The van der Waals surface area contributed by atoms with Crippen molar-refractivity contribution in [1.29, 1.82) is 0 Å². The van der Waals surface area contributed by atoms with Gasteiger partial charge in [-0.25, -0.2) is 0 Å². The van der Waals surface area contributed by atoms with Crippen LogP contribution in [0, 0.1) is 12.8 Å². The number of piperidine rings is 1. The molecule has 0 spiro atoms. The summed E-state index contributed by atoms with van der Waals surface area (Å²) >= 11 is 5.96. The number of nitrogens with zero attached hydrogens (tertiary/aromatic N) is 4. The molecule has 1 aliphatic heterocycles. The highest BCUT2D eigenvalue weighted by Gasteiger charge is 2.21. The quantitative estimate of drug-likeness (QED) is 0.755. The molecule has 1 atom stereocenters. The van der Waals surface area contributed by atoms with Gasteiger partial charge in [0.2, 0.25) is 5.89 Å². The molecule has 0 bridgehead atoms. The number of hydrogen-bond donors (Lipinski definition) is 0. The fourth-order valence-electron chi connectivity index (χ4n) is 3.59. The molecule has 136 valence electrons. The highest BCUT2D eigenvalue weighted by atomic mass is 35.5. The Balaban J connectivity index is 1.43. The standard InChI is InChI=1S/C19H27ClN4O/c1-15-21-19(22-25-15)14-23(2)12-17-4-3-10-24(13-17)11-9-16-5-7-18(20)8-6-16/h5-8,17H,3-4,9-14H2,1-2H3/t17-/m1/s1. The number of likely N-dealkylation sites (tertiary alicyclic amines) is 1. The van der Waals surface area contributed by atoms with E-state index in [1.165, 1.54) is 31.5 Å². The van der Waals surface area contributed by atoms with Gasteiger partial charge in [0.1, 0.15) is 0 Å². The molecular weight excluding hydrogens is 336 g/mol. The minimum Gasteiger partial charge on any atom is -0.340 e. The van der Waals surface area contributed by atoms with Crippen LogP contribution in [0.15, 0.2) is 28.8 Å². The number of rotatable bonds is 7. The van der Waals surface area contributed by atoms with Crippen molar-refractivity contribution in [1.82, 2.24) is 19.9 Å². The van der Waals surface area contributed by atoms with Crippen molar-refractivity contribution in [3.05, 3.63) is 46.6 Å². The predicted octanol–water partition coefficient (Wildman–Crippen LogP) is 3.42. The molecule has 6 heteroatoms. The fraction of sp³-hybridized carbons (Fsp3) is 0.579. The first kappa shape index (κ1) is 18.4. The van der Waals surface area contributed by atoms with E-state index in [2.05, 4.69) is 39.1 Å². The summed E-state index contributed by atoms with van der Waals surface area (Å²) in [6.07, 6.45) is 3.66. The van der Waals surface area contributed by atoms with Crippen LogP contribution in [-0.2, 0) is 13.0 Å². The molecule has 3 rings (SSSR count). The minimum absolute atomic E-state index is 0.634. The van der Waals surface area contributed by atoms with Crippen LogP contribution in [0.25, 0.3) is 0 Å². The summed E-state index contributed by atoms with van der Waals surface area (Å²) in [6.45, 7) is 7.15. The van der Waals surface area contributed by atoms with Gasteiger partial charge in [-0.1, -0.05) is 28.9 Å². The average Bonchev–Trinajstić information content (AvgIpc) is 2.99. The predicted molar refractivity (Wildman–Crippen MR) is 99.7 cm³/mol. The summed E-state index contributed by atoms with van der Waals surface area (Å²) in [5, 5.41) is 4.79. The first-order chi connectivity index (χ1) is 12.1. The number of aromatic nitrogens is 2. The molecule has 1 fully saturated rings. The highest BCUT2D eigenvalue weighted by Crippen LogP contribution is 2.19. The molecule has 0 radical (unpaired) electrons. The van der Waals surface area contributed by atoms with Crippen molar-refractivity contribution >= 4 is 11.6 Å². The van der Waals surface area contributed by atoms with Crippen molar-refractivity contribution in [3.8, 4) is 0 Å². The third-order valence-corrected chi connectivity index (χ3v) is 5.04. The van der Waals surface area contributed by atoms with Crippen LogP contribution >= 0.6 is 11.6 Å². The Morgan fingerprint density at radius 3 is 2.84 bits per heavy atom.